The number of anilines is 1. The van der Waals surface area contributed by atoms with E-state index in [-0.39, 0.29) is 11.8 Å². The Balaban J connectivity index is 1.32. The molecule has 0 atom stereocenters. The second kappa shape index (κ2) is 10.2. The quantitative estimate of drug-likeness (QED) is 0.541. The number of hydrogen-bond donors (Lipinski definition) is 1. The molecule has 0 bridgehead atoms. The number of methoxy groups -OCH3 is 2. The SMILES string of the molecule is COc1ccc(-c2noc(CN3CCC(C(=O)Nc4cc(Cl)ccc4C)CC3)n2)cc1OC. The van der Waals surface area contributed by atoms with E-state index in [2.05, 4.69) is 20.4 Å². The number of likely N-dealkylation sites (tertiary alicyclic amines) is 1. The van der Waals surface area contributed by atoms with Crippen LogP contribution in [0.1, 0.15) is 24.3 Å². The van der Waals surface area contributed by atoms with Gasteiger partial charge in [-0.15, -0.1) is 0 Å². The predicted octanol–water partition coefficient (Wildman–Crippen LogP) is 4.57. The Morgan fingerprint density at radius 1 is 1.15 bits per heavy atom. The molecule has 1 aliphatic rings. The molecule has 4 rings (SSSR count). The van der Waals surface area contributed by atoms with Crippen molar-refractivity contribution in [1.82, 2.24) is 15.0 Å². The summed E-state index contributed by atoms with van der Waals surface area (Å²) < 4.78 is 16.1. The molecular weight excluding hydrogens is 444 g/mol. The maximum atomic E-state index is 12.7. The molecule has 0 unspecified atom stereocenters. The third-order valence-corrected chi connectivity index (χ3v) is 6.12. The van der Waals surface area contributed by atoms with Crippen molar-refractivity contribution >= 4 is 23.2 Å². The average Bonchev–Trinajstić information content (AvgIpc) is 3.29. The van der Waals surface area contributed by atoms with Gasteiger partial charge in [0.25, 0.3) is 0 Å². The normalized spacial score (nSPS) is 14.8. The molecule has 174 valence electrons. The van der Waals surface area contributed by atoms with Gasteiger partial charge in [0.15, 0.2) is 11.5 Å². The molecule has 3 aromatic rings. The molecular formula is C24H27ClN4O4. The van der Waals surface area contributed by atoms with E-state index in [0.29, 0.717) is 34.8 Å². The summed E-state index contributed by atoms with van der Waals surface area (Å²) in [7, 11) is 3.18. The standard InChI is InChI=1S/C24H27ClN4O4/c1-15-4-6-18(25)13-19(15)26-24(30)16-8-10-29(11-9-16)14-22-27-23(28-33-22)17-5-7-20(31-2)21(12-17)32-3/h4-7,12-13,16H,8-11,14H2,1-3H3,(H,26,30). The van der Waals surface area contributed by atoms with E-state index in [1.807, 2.05) is 37.3 Å². The number of aryl methyl sites for hydroxylation is 1. The summed E-state index contributed by atoms with van der Waals surface area (Å²) in [6.45, 7) is 4.05. The molecule has 0 saturated carbocycles. The largest absolute Gasteiger partial charge is 0.493 e. The molecule has 1 fully saturated rings. The van der Waals surface area contributed by atoms with E-state index in [9.17, 15) is 4.79 Å². The molecule has 2 aromatic carbocycles. The van der Waals surface area contributed by atoms with E-state index in [1.165, 1.54) is 0 Å². The van der Waals surface area contributed by atoms with Crippen molar-refractivity contribution < 1.29 is 18.8 Å². The monoisotopic (exact) mass is 470 g/mol. The summed E-state index contributed by atoms with van der Waals surface area (Å²) in [6, 6.07) is 11.0. The first-order valence-corrected chi connectivity index (χ1v) is 11.2. The number of nitrogens with zero attached hydrogens (tertiary/aromatic N) is 3. The molecule has 0 aliphatic carbocycles. The zero-order valence-corrected chi connectivity index (χ0v) is 19.7. The molecule has 0 radical (unpaired) electrons. The van der Waals surface area contributed by atoms with Crippen molar-refractivity contribution in [2.24, 2.45) is 5.92 Å². The van der Waals surface area contributed by atoms with Gasteiger partial charge in [-0.3, -0.25) is 9.69 Å². The molecule has 1 saturated heterocycles. The van der Waals surface area contributed by atoms with Crippen molar-refractivity contribution in [3.63, 3.8) is 0 Å². The van der Waals surface area contributed by atoms with Crippen molar-refractivity contribution in [3.8, 4) is 22.9 Å². The van der Waals surface area contributed by atoms with Gasteiger partial charge in [0, 0.05) is 22.2 Å². The Hall–Kier alpha value is -3.10. The van der Waals surface area contributed by atoms with Crippen LogP contribution in [0.2, 0.25) is 5.02 Å². The number of rotatable bonds is 7. The van der Waals surface area contributed by atoms with Gasteiger partial charge >= 0.3 is 0 Å². The summed E-state index contributed by atoms with van der Waals surface area (Å²) in [5, 5.41) is 7.74. The maximum Gasteiger partial charge on any atom is 0.241 e. The lowest BCUT2D eigenvalue weighted by Gasteiger charge is -2.30. The lowest BCUT2D eigenvalue weighted by Crippen LogP contribution is -2.37. The number of piperidine rings is 1. The lowest BCUT2D eigenvalue weighted by molar-refractivity contribution is -0.121. The number of halogens is 1. The zero-order valence-electron chi connectivity index (χ0n) is 18.9. The van der Waals surface area contributed by atoms with Gasteiger partial charge in [-0.25, -0.2) is 0 Å². The van der Waals surface area contributed by atoms with Gasteiger partial charge in [-0.05, 0) is 68.8 Å². The first-order valence-electron chi connectivity index (χ1n) is 10.8. The second-order valence-corrected chi connectivity index (χ2v) is 8.52. The molecule has 9 heteroatoms. The predicted molar refractivity (Wildman–Crippen MR) is 126 cm³/mol. The molecule has 1 N–H and O–H groups in total. The lowest BCUT2D eigenvalue weighted by atomic mass is 9.95. The first-order chi connectivity index (χ1) is 16.0. The van der Waals surface area contributed by atoms with Gasteiger partial charge < -0.3 is 19.3 Å². The van der Waals surface area contributed by atoms with E-state index in [4.69, 9.17) is 25.6 Å². The topological polar surface area (TPSA) is 89.7 Å². The van der Waals surface area contributed by atoms with E-state index in [0.717, 1.165) is 42.7 Å². The first kappa shape index (κ1) is 23.1. The van der Waals surface area contributed by atoms with Gasteiger partial charge in [0.2, 0.25) is 17.6 Å². The Morgan fingerprint density at radius 3 is 2.64 bits per heavy atom. The van der Waals surface area contributed by atoms with Crippen molar-refractivity contribution in [2.75, 3.05) is 32.6 Å². The van der Waals surface area contributed by atoms with Crippen molar-refractivity contribution in [2.45, 2.75) is 26.3 Å². The number of hydrogen-bond acceptors (Lipinski definition) is 7. The number of benzene rings is 2. The van der Waals surface area contributed by atoms with Gasteiger partial charge in [0.05, 0.1) is 20.8 Å². The summed E-state index contributed by atoms with van der Waals surface area (Å²) in [6.07, 6.45) is 1.53. The Bertz CT molecular complexity index is 1130. The van der Waals surface area contributed by atoms with Crippen LogP contribution in [0.4, 0.5) is 5.69 Å². The van der Waals surface area contributed by atoms with Crippen LogP contribution in [-0.4, -0.2) is 48.3 Å². The van der Waals surface area contributed by atoms with Gasteiger partial charge in [-0.2, -0.15) is 4.98 Å². The Morgan fingerprint density at radius 2 is 1.91 bits per heavy atom. The number of carbonyl (C=O) groups excluding carboxylic acids is 1. The van der Waals surface area contributed by atoms with E-state index in [1.54, 1.807) is 20.3 Å². The van der Waals surface area contributed by atoms with Crippen LogP contribution in [0, 0.1) is 12.8 Å². The molecule has 1 amide bonds. The fourth-order valence-electron chi connectivity index (χ4n) is 3.92. The zero-order chi connectivity index (χ0) is 23.4. The minimum atomic E-state index is -0.0374. The minimum absolute atomic E-state index is 0.0357. The molecule has 1 aliphatic heterocycles. The summed E-state index contributed by atoms with van der Waals surface area (Å²) in [4.78, 5) is 19.5. The number of aromatic nitrogens is 2. The maximum absolute atomic E-state index is 12.7. The fourth-order valence-corrected chi connectivity index (χ4v) is 4.09. The highest BCUT2D eigenvalue weighted by Gasteiger charge is 2.26. The average molecular weight is 471 g/mol. The second-order valence-electron chi connectivity index (χ2n) is 8.08. The highest BCUT2D eigenvalue weighted by molar-refractivity contribution is 6.31. The number of carbonyl (C=O) groups is 1. The number of nitrogens with one attached hydrogen (secondary N) is 1. The highest BCUT2D eigenvalue weighted by atomic mass is 35.5. The van der Waals surface area contributed by atoms with Crippen LogP contribution in [-0.2, 0) is 11.3 Å². The van der Waals surface area contributed by atoms with Gasteiger partial charge in [-0.1, -0.05) is 22.8 Å². The molecule has 8 nitrogen and oxygen atoms in total. The fraction of sp³-hybridized carbons (Fsp3) is 0.375. The van der Waals surface area contributed by atoms with Crippen molar-refractivity contribution in [3.05, 3.63) is 52.9 Å². The molecule has 2 heterocycles. The van der Waals surface area contributed by atoms with Crippen LogP contribution in [0.5, 0.6) is 11.5 Å². The minimum Gasteiger partial charge on any atom is -0.493 e. The smallest absolute Gasteiger partial charge is 0.241 e. The van der Waals surface area contributed by atoms with Crippen LogP contribution in [0.15, 0.2) is 40.9 Å². The van der Waals surface area contributed by atoms with Crippen LogP contribution in [0.3, 0.4) is 0 Å². The summed E-state index contributed by atoms with van der Waals surface area (Å²) >= 11 is 6.06. The molecule has 1 aromatic heterocycles. The summed E-state index contributed by atoms with van der Waals surface area (Å²) in [5.74, 6) is 2.28. The van der Waals surface area contributed by atoms with Crippen LogP contribution < -0.4 is 14.8 Å². The highest BCUT2D eigenvalue weighted by Crippen LogP contribution is 2.31. The van der Waals surface area contributed by atoms with E-state index >= 15 is 0 Å². The number of ether oxygens (including phenoxy) is 2. The molecule has 33 heavy (non-hydrogen) atoms. The van der Waals surface area contributed by atoms with E-state index < -0.39 is 0 Å². The Labute approximate surface area is 197 Å². The molecule has 0 spiro atoms. The third kappa shape index (κ3) is 5.46. The van der Waals surface area contributed by atoms with Crippen LogP contribution >= 0.6 is 11.6 Å². The van der Waals surface area contributed by atoms with Crippen LogP contribution in [0.25, 0.3) is 11.4 Å². The third-order valence-electron chi connectivity index (χ3n) is 5.88. The summed E-state index contributed by atoms with van der Waals surface area (Å²) in [5.41, 5.74) is 2.55. The van der Waals surface area contributed by atoms with Gasteiger partial charge in [0.1, 0.15) is 0 Å². The van der Waals surface area contributed by atoms with Crippen molar-refractivity contribution in [1.29, 1.82) is 0 Å². The number of amides is 1. The Kier molecular flexibility index (Phi) is 7.15.